The number of carbonyl (C=O) groups excluding carboxylic acids is 2. The van der Waals surface area contributed by atoms with Gasteiger partial charge in [0.2, 0.25) is 0 Å². The summed E-state index contributed by atoms with van der Waals surface area (Å²) in [4.78, 5) is 37.9. The van der Waals surface area contributed by atoms with Crippen LogP contribution >= 0.6 is 11.9 Å². The molecule has 0 unspecified atom stereocenters. The number of pyridine rings is 2. The molecule has 2 amide bonds. The van der Waals surface area contributed by atoms with Gasteiger partial charge in [0, 0.05) is 55.7 Å². The van der Waals surface area contributed by atoms with E-state index in [9.17, 15) is 22.8 Å². The number of nitrogens with one attached hydrogen (secondary N) is 1. The Kier molecular flexibility index (Phi) is 7.55. The molecule has 0 atom stereocenters. The first-order chi connectivity index (χ1) is 18.8. The van der Waals surface area contributed by atoms with Crippen molar-refractivity contribution in [1.29, 1.82) is 0 Å². The number of aromatic nitrogens is 2. The second kappa shape index (κ2) is 11.2. The Morgan fingerprint density at radius 3 is 2.26 bits per heavy atom. The van der Waals surface area contributed by atoms with E-state index in [-0.39, 0.29) is 30.2 Å². The predicted molar refractivity (Wildman–Crippen MR) is 140 cm³/mol. The van der Waals surface area contributed by atoms with Crippen LogP contribution < -0.4 is 9.46 Å². The Hall–Kier alpha value is -4.32. The molecule has 8 nitrogen and oxygen atoms in total. The lowest BCUT2D eigenvalue weighted by molar-refractivity contribution is -0.274. The average molecular weight is 554 g/mol. The third-order valence-corrected chi connectivity index (χ3v) is 6.95. The van der Waals surface area contributed by atoms with Gasteiger partial charge in [-0.3, -0.25) is 19.6 Å². The maximum absolute atomic E-state index is 13.2. The van der Waals surface area contributed by atoms with E-state index in [2.05, 4.69) is 19.4 Å². The second-order valence-corrected chi connectivity index (χ2v) is 9.47. The third kappa shape index (κ3) is 6.23. The molecule has 200 valence electrons. The molecule has 2 aromatic heterocycles. The standard InChI is InChI=1S/C27H22F3N5O3S/c28-27(29,30)38-22-16-19(8-9-21(22)33-39-23-7-1-4-18-5-3-11-32-24(18)23)25(36)34-12-14-35(15-13-34)26(37)20-6-2-10-31-17-20/h1-11,16-17,33H,12-15H2. The molecule has 1 N–H and O–H groups in total. The molecular weight excluding hydrogens is 531 g/mol. The van der Waals surface area contributed by atoms with Crippen molar-refractivity contribution in [3.63, 3.8) is 0 Å². The van der Waals surface area contributed by atoms with Gasteiger partial charge in [-0.1, -0.05) is 18.2 Å². The number of amides is 2. The summed E-state index contributed by atoms with van der Waals surface area (Å²) in [6.45, 7) is 1.07. The topological polar surface area (TPSA) is 87.7 Å². The lowest BCUT2D eigenvalue weighted by atomic mass is 10.1. The molecule has 4 aromatic rings. The molecule has 0 bridgehead atoms. The summed E-state index contributed by atoms with van der Waals surface area (Å²) in [6, 6.07) is 16.4. The van der Waals surface area contributed by atoms with Crippen molar-refractivity contribution in [2.45, 2.75) is 11.3 Å². The maximum atomic E-state index is 13.2. The molecule has 0 spiro atoms. The van der Waals surface area contributed by atoms with Crippen LogP contribution in [-0.4, -0.2) is 64.1 Å². The number of fused-ring (bicyclic) bond motifs is 1. The van der Waals surface area contributed by atoms with Gasteiger partial charge in [0.25, 0.3) is 11.8 Å². The molecule has 2 aromatic carbocycles. The van der Waals surface area contributed by atoms with Gasteiger partial charge in [0.15, 0.2) is 5.75 Å². The molecule has 0 radical (unpaired) electrons. The molecule has 1 fully saturated rings. The smallest absolute Gasteiger partial charge is 0.404 e. The van der Waals surface area contributed by atoms with E-state index < -0.39 is 18.0 Å². The summed E-state index contributed by atoms with van der Waals surface area (Å²) in [6.07, 6.45) is -0.265. The number of benzene rings is 2. The fraction of sp³-hybridized carbons (Fsp3) is 0.185. The summed E-state index contributed by atoms with van der Waals surface area (Å²) in [5.41, 5.74) is 1.24. The molecule has 5 rings (SSSR count). The number of alkyl halides is 3. The van der Waals surface area contributed by atoms with E-state index in [0.29, 0.717) is 29.1 Å². The zero-order chi connectivity index (χ0) is 27.4. The van der Waals surface area contributed by atoms with Crippen molar-refractivity contribution < 1.29 is 27.5 Å². The Morgan fingerprint density at radius 2 is 1.56 bits per heavy atom. The first kappa shape index (κ1) is 26.3. The number of para-hydroxylation sites is 1. The van der Waals surface area contributed by atoms with E-state index in [0.717, 1.165) is 23.4 Å². The van der Waals surface area contributed by atoms with Gasteiger partial charge in [-0.2, -0.15) is 0 Å². The molecule has 1 aliphatic rings. The zero-order valence-corrected chi connectivity index (χ0v) is 21.2. The van der Waals surface area contributed by atoms with Gasteiger partial charge < -0.3 is 19.3 Å². The number of ether oxygens (including phenoxy) is 1. The summed E-state index contributed by atoms with van der Waals surface area (Å²) in [7, 11) is 0. The fourth-order valence-corrected chi connectivity index (χ4v) is 4.99. The largest absolute Gasteiger partial charge is 0.573 e. The van der Waals surface area contributed by atoms with Crippen molar-refractivity contribution in [2.24, 2.45) is 0 Å². The van der Waals surface area contributed by atoms with Crippen LogP contribution in [0.4, 0.5) is 18.9 Å². The van der Waals surface area contributed by atoms with Crippen LogP contribution in [0.25, 0.3) is 10.9 Å². The molecule has 3 heterocycles. The van der Waals surface area contributed by atoms with E-state index in [1.165, 1.54) is 23.2 Å². The Bertz CT molecular complexity index is 1490. The van der Waals surface area contributed by atoms with E-state index >= 15 is 0 Å². The monoisotopic (exact) mass is 553 g/mol. The first-order valence-electron chi connectivity index (χ1n) is 11.9. The van der Waals surface area contributed by atoms with Crippen LogP contribution in [0, 0.1) is 0 Å². The van der Waals surface area contributed by atoms with E-state index in [4.69, 9.17) is 0 Å². The second-order valence-electron chi connectivity index (χ2n) is 8.62. The van der Waals surface area contributed by atoms with Gasteiger partial charge in [-0.15, -0.1) is 13.2 Å². The first-order valence-corrected chi connectivity index (χ1v) is 12.7. The number of hydrogen-bond acceptors (Lipinski definition) is 7. The van der Waals surface area contributed by atoms with Crippen molar-refractivity contribution in [3.05, 3.63) is 90.4 Å². The van der Waals surface area contributed by atoms with Crippen molar-refractivity contribution in [2.75, 3.05) is 30.9 Å². The Balaban J connectivity index is 1.30. The molecular formula is C27H22F3N5O3S. The normalized spacial score (nSPS) is 13.8. The summed E-state index contributed by atoms with van der Waals surface area (Å²) < 4.78 is 46.9. The molecule has 39 heavy (non-hydrogen) atoms. The van der Waals surface area contributed by atoms with Crippen LogP contribution in [0.1, 0.15) is 20.7 Å². The molecule has 0 aliphatic carbocycles. The quantitative estimate of drug-likeness (QED) is 0.327. The number of hydrogen-bond donors (Lipinski definition) is 1. The number of rotatable bonds is 6. The van der Waals surface area contributed by atoms with Gasteiger partial charge in [-0.05, 0) is 54.4 Å². The summed E-state index contributed by atoms with van der Waals surface area (Å²) in [5.74, 6) is -1.17. The molecule has 0 saturated carbocycles. The average Bonchev–Trinajstić information content (AvgIpc) is 2.95. The van der Waals surface area contributed by atoms with Crippen molar-refractivity contribution >= 4 is 40.4 Å². The van der Waals surface area contributed by atoms with Crippen LogP contribution in [-0.2, 0) is 0 Å². The SMILES string of the molecule is O=C(c1cccnc1)N1CCN(C(=O)c2ccc(NSc3cccc4cccnc34)c(OC(F)(F)F)c2)CC1. The van der Waals surface area contributed by atoms with Crippen LogP contribution in [0.2, 0.25) is 0 Å². The number of anilines is 1. The zero-order valence-electron chi connectivity index (χ0n) is 20.4. The Labute approximate surface area is 225 Å². The number of carbonyl (C=O) groups is 2. The lowest BCUT2D eigenvalue weighted by Gasteiger charge is -2.35. The highest BCUT2D eigenvalue weighted by atomic mass is 32.2. The minimum absolute atomic E-state index is 0.0451. The third-order valence-electron chi connectivity index (χ3n) is 6.08. The highest BCUT2D eigenvalue weighted by molar-refractivity contribution is 8.00. The lowest BCUT2D eigenvalue weighted by Crippen LogP contribution is -2.50. The number of halogens is 3. The molecule has 1 aliphatic heterocycles. The van der Waals surface area contributed by atoms with Gasteiger partial charge >= 0.3 is 6.36 Å². The summed E-state index contributed by atoms with van der Waals surface area (Å²) in [5, 5.41) is 0.888. The van der Waals surface area contributed by atoms with E-state index in [1.54, 1.807) is 41.6 Å². The summed E-state index contributed by atoms with van der Waals surface area (Å²) >= 11 is 1.09. The van der Waals surface area contributed by atoms with Crippen molar-refractivity contribution in [1.82, 2.24) is 19.8 Å². The number of piperazine rings is 1. The predicted octanol–water partition coefficient (Wildman–Crippen LogP) is 5.25. The maximum Gasteiger partial charge on any atom is 0.573 e. The highest BCUT2D eigenvalue weighted by Crippen LogP contribution is 2.36. The van der Waals surface area contributed by atoms with E-state index in [1.807, 2.05) is 18.2 Å². The van der Waals surface area contributed by atoms with Crippen LogP contribution in [0.3, 0.4) is 0 Å². The molecule has 1 saturated heterocycles. The Morgan fingerprint density at radius 1 is 0.872 bits per heavy atom. The minimum atomic E-state index is -4.96. The molecule has 12 heteroatoms. The van der Waals surface area contributed by atoms with Crippen LogP contribution in [0.5, 0.6) is 5.75 Å². The number of nitrogens with zero attached hydrogens (tertiary/aromatic N) is 4. The van der Waals surface area contributed by atoms with Gasteiger partial charge in [-0.25, -0.2) is 0 Å². The minimum Gasteiger partial charge on any atom is -0.404 e. The highest BCUT2D eigenvalue weighted by Gasteiger charge is 2.33. The fourth-order valence-electron chi connectivity index (χ4n) is 4.18. The van der Waals surface area contributed by atoms with Gasteiger partial charge in [0.05, 0.1) is 21.7 Å². The van der Waals surface area contributed by atoms with Crippen molar-refractivity contribution in [3.8, 4) is 5.75 Å². The van der Waals surface area contributed by atoms with Gasteiger partial charge in [0.1, 0.15) is 0 Å². The van der Waals surface area contributed by atoms with Crippen LogP contribution in [0.15, 0.2) is 84.1 Å².